The zero-order valence-corrected chi connectivity index (χ0v) is 58.4. The number of nitrogens with zero attached hydrogens (tertiary/aromatic N) is 7. The van der Waals surface area contributed by atoms with Crippen molar-refractivity contribution in [1.82, 2.24) is 67.0 Å². The number of rotatable bonds is 31. The van der Waals surface area contributed by atoms with E-state index in [1.54, 1.807) is 43.9 Å². The number of carbonyl (C=O) groups is 12. The SMILES string of the molecule is C[C@H](NC(=O)[C@H](CCCN=C(N)N)NC(=O)CN1CCN(CC(=O)O)CCN(CC(=O)O)CCN(CC(=O)O)CC1)C(=O)NCc1ccc(C(=O)NCCC[C@@H]2C(=O)N[C@@H](CCCN=C(N)N)C(=O)N[C@@H](Cc3ccc4ccccc4c3)C(=O)NCC(=O)N[C@H](Cc3ccc(O)cc3)C(=O)N2C)cc1. The van der Waals surface area contributed by atoms with Crippen molar-refractivity contribution in [2.75, 3.05) is 112 Å². The first kappa shape index (κ1) is 81.9. The average Bonchev–Trinajstić information content (AvgIpc) is 1.21. The van der Waals surface area contributed by atoms with Crippen molar-refractivity contribution >= 4 is 93.8 Å². The van der Waals surface area contributed by atoms with Crippen molar-refractivity contribution < 1.29 is 78.0 Å². The van der Waals surface area contributed by atoms with Gasteiger partial charge in [-0.3, -0.25) is 87.1 Å². The van der Waals surface area contributed by atoms with Gasteiger partial charge in [-0.1, -0.05) is 66.7 Å². The maximum Gasteiger partial charge on any atom is 0.317 e. The Morgan fingerprint density at radius 2 is 1.09 bits per heavy atom. The number of carboxylic acids is 3. The smallest absolute Gasteiger partial charge is 0.317 e. The molecule has 104 heavy (non-hydrogen) atoms. The lowest BCUT2D eigenvalue weighted by Crippen LogP contribution is -2.58. The minimum Gasteiger partial charge on any atom is -0.508 e. The summed E-state index contributed by atoms with van der Waals surface area (Å²) in [5.74, 6) is -9.93. The van der Waals surface area contributed by atoms with Gasteiger partial charge >= 0.3 is 17.9 Å². The third kappa shape index (κ3) is 28.8. The molecule has 2 heterocycles. The molecule has 4 aromatic rings. The Hall–Kier alpha value is -11.0. The summed E-state index contributed by atoms with van der Waals surface area (Å²) in [4.78, 5) is 177. The Kier molecular flexibility index (Phi) is 32.9. The highest BCUT2D eigenvalue weighted by Gasteiger charge is 2.36. The quantitative estimate of drug-likeness (QED) is 0.0130. The van der Waals surface area contributed by atoms with Gasteiger partial charge in [0.2, 0.25) is 47.3 Å². The van der Waals surface area contributed by atoms with E-state index in [9.17, 15) is 78.0 Å². The van der Waals surface area contributed by atoms with Crippen molar-refractivity contribution in [1.29, 1.82) is 0 Å². The second-order valence-corrected chi connectivity index (χ2v) is 25.5. The van der Waals surface area contributed by atoms with E-state index in [4.69, 9.17) is 22.9 Å². The zero-order valence-electron chi connectivity index (χ0n) is 58.4. The molecule has 2 aliphatic heterocycles. The largest absolute Gasteiger partial charge is 0.508 e. The van der Waals surface area contributed by atoms with Crippen LogP contribution in [0.2, 0.25) is 0 Å². The molecule has 0 bridgehead atoms. The maximum absolute atomic E-state index is 14.8. The number of aliphatic carboxylic acids is 3. The first-order chi connectivity index (χ1) is 49.6. The fourth-order valence-corrected chi connectivity index (χ4v) is 11.7. The van der Waals surface area contributed by atoms with Crippen molar-refractivity contribution in [2.45, 2.75) is 101 Å². The van der Waals surface area contributed by atoms with Gasteiger partial charge in [0.25, 0.3) is 5.91 Å². The number of guanidine groups is 2. The van der Waals surface area contributed by atoms with Crippen LogP contribution in [-0.4, -0.2) is 276 Å². The number of carbonyl (C=O) groups excluding carboxylic acids is 9. The lowest BCUT2D eigenvalue weighted by Gasteiger charge is -2.33. The summed E-state index contributed by atoms with van der Waals surface area (Å²) in [6.45, 7) is 0.803. The van der Waals surface area contributed by atoms with E-state index in [1.807, 2.05) is 42.5 Å². The van der Waals surface area contributed by atoms with Crippen molar-refractivity contribution in [3.63, 3.8) is 0 Å². The minimum absolute atomic E-state index is 0.0147. The number of nitrogens with one attached hydrogen (secondary N) is 8. The van der Waals surface area contributed by atoms with Gasteiger partial charge < -0.3 is 90.8 Å². The van der Waals surface area contributed by atoms with E-state index < -0.39 is 114 Å². The van der Waals surface area contributed by atoms with E-state index in [2.05, 4.69) is 52.5 Å². The van der Waals surface area contributed by atoms with E-state index in [1.165, 1.54) is 38.2 Å². The zero-order chi connectivity index (χ0) is 75.8. The summed E-state index contributed by atoms with van der Waals surface area (Å²) < 4.78 is 0. The molecule has 0 aliphatic carbocycles. The molecule has 0 aromatic heterocycles. The molecular formula is C69H97N19O16. The minimum atomic E-state index is -1.32. The van der Waals surface area contributed by atoms with Gasteiger partial charge in [-0.25, -0.2) is 0 Å². The number of hydrogen-bond acceptors (Lipinski definition) is 19. The van der Waals surface area contributed by atoms with E-state index in [0.717, 1.165) is 15.7 Å². The number of aliphatic imine (C=N–C) groups is 2. The third-order valence-electron chi connectivity index (χ3n) is 17.4. The van der Waals surface area contributed by atoms with Crippen LogP contribution in [-0.2, 0) is 72.1 Å². The lowest BCUT2D eigenvalue weighted by atomic mass is 10.00. The average molecular weight is 1450 g/mol. The Morgan fingerprint density at radius 1 is 0.558 bits per heavy atom. The van der Waals surface area contributed by atoms with Crippen LogP contribution in [0, 0.1) is 0 Å². The normalized spacial score (nSPS) is 18.7. The van der Waals surface area contributed by atoms with E-state index in [-0.39, 0.29) is 179 Å². The monoisotopic (exact) mass is 1450 g/mol. The number of hydrogen-bond donors (Lipinski definition) is 16. The maximum atomic E-state index is 14.8. The Bertz CT molecular complexity index is 3650. The fraction of sp³-hybridized carbons (Fsp3) is 0.478. The molecule has 4 aromatic carbocycles. The van der Waals surface area contributed by atoms with Crippen molar-refractivity contribution in [3.05, 3.63) is 113 Å². The molecule has 0 radical (unpaired) electrons. The molecule has 2 fully saturated rings. The standard InChI is InChI=1S/C69H97N19O16/c1-43(79-64(101)51(10-5-24-75-68(70)71)80-57(91)39-85-26-28-86(40-58(92)93)30-32-88(42-60(96)97)33-31-87(29-27-85)41-59(94)95)61(98)77-37-45-13-19-48(20-14-45)62(99)74-23-7-12-55-66(103)82-52(11-6-25-76-69(72)73)65(102)83-53(36-46-15-18-47-8-3-4-9-49(47)34-46)63(100)78-38-56(90)81-54(67(104)84(55)2)35-44-16-21-50(89)22-17-44/h3-4,8-9,13-22,34,43,51-55,89H,5-7,10-12,23-33,35-42H2,1-2H3,(H,74,99)(H,77,98)(H,78,100)(H,79,101)(H,80,91)(H,81,90)(H,82,103)(H,83,102)(H,92,93)(H,94,95)(H,96,97)(H4,70,71,75)(H4,72,73,76)/t43-,51-,52-,53-,54+,55+/m0/s1. The second kappa shape index (κ2) is 41.8. The van der Waals surface area contributed by atoms with E-state index >= 15 is 0 Å². The predicted molar refractivity (Wildman–Crippen MR) is 383 cm³/mol. The molecule has 2 aliphatic rings. The van der Waals surface area contributed by atoms with E-state index in [0.29, 0.717) is 16.7 Å². The van der Waals surface area contributed by atoms with Crippen LogP contribution in [0.4, 0.5) is 0 Å². The first-order valence-electron chi connectivity index (χ1n) is 34.2. The number of likely N-dealkylation sites (N-methyl/N-ethyl adjacent to an activating group) is 1. The van der Waals surface area contributed by atoms with Crippen LogP contribution in [0.25, 0.3) is 10.8 Å². The summed E-state index contributed by atoms with van der Waals surface area (Å²) in [5.41, 5.74) is 24.2. The van der Waals surface area contributed by atoms with Gasteiger partial charge in [0.15, 0.2) is 11.9 Å². The number of phenolic OH excluding ortho intramolecular Hbond substituents is 1. The molecular weight excluding hydrogens is 1350 g/mol. The van der Waals surface area contributed by atoms with Gasteiger partial charge in [-0.2, -0.15) is 0 Å². The van der Waals surface area contributed by atoms with Gasteiger partial charge in [0.1, 0.15) is 42.0 Å². The number of carboxylic acid groups (broad SMARTS) is 3. The third-order valence-corrected chi connectivity index (χ3v) is 17.4. The molecule has 6 rings (SSSR count). The number of aromatic hydroxyl groups is 1. The topological polar surface area (TPSA) is 527 Å². The highest BCUT2D eigenvalue weighted by Crippen LogP contribution is 2.19. The number of amides is 9. The second-order valence-electron chi connectivity index (χ2n) is 25.5. The lowest BCUT2D eigenvalue weighted by molar-refractivity contribution is -0.142. The highest BCUT2D eigenvalue weighted by atomic mass is 16.4. The van der Waals surface area contributed by atoms with Crippen molar-refractivity contribution in [2.24, 2.45) is 32.9 Å². The number of fused-ring (bicyclic) bond motifs is 1. The van der Waals surface area contributed by atoms with Gasteiger partial charge in [0, 0.05) is 104 Å². The van der Waals surface area contributed by atoms with Gasteiger partial charge in [-0.05, 0) is 97.2 Å². The molecule has 0 spiro atoms. The van der Waals surface area contributed by atoms with Crippen LogP contribution < -0.4 is 65.5 Å². The molecule has 2 saturated heterocycles. The molecule has 35 nitrogen and oxygen atoms in total. The Morgan fingerprint density at radius 3 is 1.66 bits per heavy atom. The van der Waals surface area contributed by atoms with Crippen LogP contribution in [0.3, 0.4) is 0 Å². The molecule has 0 saturated carbocycles. The van der Waals surface area contributed by atoms with Crippen LogP contribution in [0.5, 0.6) is 5.75 Å². The molecule has 20 N–H and O–H groups in total. The van der Waals surface area contributed by atoms with Crippen molar-refractivity contribution in [3.8, 4) is 5.75 Å². The molecule has 6 atom stereocenters. The number of benzene rings is 4. The number of nitrogens with two attached hydrogens (primary N) is 4. The van der Waals surface area contributed by atoms with Gasteiger partial charge in [-0.15, -0.1) is 0 Å². The highest BCUT2D eigenvalue weighted by molar-refractivity contribution is 5.98. The van der Waals surface area contributed by atoms with Crippen LogP contribution in [0.15, 0.2) is 101 Å². The summed E-state index contributed by atoms with van der Waals surface area (Å²) in [5, 5.41) is 62.5. The molecule has 0 unspecified atom stereocenters. The summed E-state index contributed by atoms with van der Waals surface area (Å²) in [6, 6.07) is 17.8. The molecule has 35 heteroatoms. The van der Waals surface area contributed by atoms with Crippen LogP contribution >= 0.6 is 0 Å². The molecule has 9 amide bonds. The summed E-state index contributed by atoms with van der Waals surface area (Å²) >= 11 is 0. The summed E-state index contributed by atoms with van der Waals surface area (Å²) in [7, 11) is 1.37. The number of phenols is 1. The summed E-state index contributed by atoms with van der Waals surface area (Å²) in [6.07, 6.45) is 0.325. The Labute approximate surface area is 601 Å². The van der Waals surface area contributed by atoms with Gasteiger partial charge in [0.05, 0.1) is 32.7 Å². The van der Waals surface area contributed by atoms with Crippen LogP contribution in [0.1, 0.15) is 72.5 Å². The fourth-order valence-electron chi connectivity index (χ4n) is 11.7. The Balaban J connectivity index is 1.10. The molecule has 564 valence electrons. The first-order valence-corrected chi connectivity index (χ1v) is 34.2. The predicted octanol–water partition coefficient (Wildman–Crippen LogP) is -3.86.